The van der Waals surface area contributed by atoms with E-state index in [0.717, 1.165) is 27.2 Å². The van der Waals surface area contributed by atoms with E-state index < -0.39 is 0 Å². The lowest BCUT2D eigenvalue weighted by molar-refractivity contribution is 0.376. The molecule has 0 bridgehead atoms. The van der Waals surface area contributed by atoms with Crippen molar-refractivity contribution in [3.63, 3.8) is 0 Å². The first-order valence-corrected chi connectivity index (χ1v) is 10.1. The van der Waals surface area contributed by atoms with E-state index in [1.54, 1.807) is 7.11 Å². The molecule has 0 radical (unpaired) electrons. The molecule has 7 heteroatoms. The summed E-state index contributed by atoms with van der Waals surface area (Å²) in [6.07, 6.45) is 0. The van der Waals surface area contributed by atoms with Crippen LogP contribution in [0.3, 0.4) is 0 Å². The average molecular weight is 470 g/mol. The lowest BCUT2D eigenvalue weighted by Gasteiger charge is -2.12. The zero-order chi connectivity index (χ0) is 20.5. The third kappa shape index (κ3) is 6.58. The molecule has 0 aliphatic heterocycles. The molecule has 2 N–H and O–H groups in total. The van der Waals surface area contributed by atoms with Gasteiger partial charge < -0.3 is 14.8 Å². The average Bonchev–Trinajstić information content (AvgIpc) is 2.76. The minimum atomic E-state index is 0.273. The highest BCUT2D eigenvalue weighted by molar-refractivity contribution is 9.10. The lowest BCUT2D eigenvalue weighted by atomic mass is 10.1. The molecule has 0 amide bonds. The van der Waals surface area contributed by atoms with Crippen LogP contribution in [0, 0.1) is 0 Å². The maximum atomic E-state index is 5.90. The summed E-state index contributed by atoms with van der Waals surface area (Å²) in [6.45, 7) is 0.273. The van der Waals surface area contributed by atoms with E-state index in [4.69, 9.17) is 21.7 Å². The van der Waals surface area contributed by atoms with E-state index >= 15 is 0 Å². The van der Waals surface area contributed by atoms with Crippen LogP contribution in [0.5, 0.6) is 11.5 Å². The van der Waals surface area contributed by atoms with E-state index in [-0.39, 0.29) is 6.61 Å². The number of halogens is 1. The summed E-state index contributed by atoms with van der Waals surface area (Å²) >= 11 is 8.76. The summed E-state index contributed by atoms with van der Waals surface area (Å²) < 4.78 is 12.1. The predicted octanol–water partition coefficient (Wildman–Crippen LogP) is 5.23. The lowest BCUT2D eigenvalue weighted by Crippen LogP contribution is -2.27. The molecule has 29 heavy (non-hydrogen) atoms. The summed E-state index contributed by atoms with van der Waals surface area (Å²) in [5, 5.41) is 7.95. The van der Waals surface area contributed by atoms with Crippen molar-refractivity contribution < 1.29 is 9.47 Å². The molecule has 5 nitrogen and oxygen atoms in total. The fourth-order valence-corrected chi connectivity index (χ4v) is 2.87. The van der Waals surface area contributed by atoms with Crippen LogP contribution in [-0.4, -0.2) is 24.5 Å². The van der Waals surface area contributed by atoms with Gasteiger partial charge in [0.25, 0.3) is 0 Å². The topological polar surface area (TPSA) is 54.9 Å². The van der Waals surface area contributed by atoms with Gasteiger partial charge in [0.15, 0.2) is 5.11 Å². The van der Waals surface area contributed by atoms with Crippen molar-refractivity contribution in [2.24, 2.45) is 5.10 Å². The van der Waals surface area contributed by atoms with Crippen LogP contribution in [0.4, 0.5) is 5.69 Å². The summed E-state index contributed by atoms with van der Waals surface area (Å²) in [7, 11) is 1.63. The van der Waals surface area contributed by atoms with Crippen molar-refractivity contribution in [2.75, 3.05) is 19.0 Å². The van der Waals surface area contributed by atoms with Gasteiger partial charge in [0, 0.05) is 15.7 Å². The quantitative estimate of drug-likeness (QED) is 0.282. The smallest absolute Gasteiger partial charge is 0.191 e. The summed E-state index contributed by atoms with van der Waals surface area (Å²) in [4.78, 5) is 0. The number of ether oxygens (including phenoxy) is 2. The number of thiocarbonyl (C=S) groups is 1. The Morgan fingerprint density at radius 2 is 1.59 bits per heavy atom. The van der Waals surface area contributed by atoms with Crippen molar-refractivity contribution in [1.29, 1.82) is 0 Å². The Kier molecular flexibility index (Phi) is 7.61. The number of para-hydroxylation sites is 1. The number of nitrogens with one attached hydrogen (secondary N) is 2. The monoisotopic (exact) mass is 469 g/mol. The van der Waals surface area contributed by atoms with E-state index in [9.17, 15) is 0 Å². The summed E-state index contributed by atoms with van der Waals surface area (Å²) in [5.74, 6) is 1.52. The highest BCUT2D eigenvalue weighted by atomic mass is 79.9. The number of nitrogens with zero attached hydrogens (tertiary/aromatic N) is 1. The molecule has 0 heterocycles. The molecule has 0 atom stereocenters. The Morgan fingerprint density at radius 3 is 2.24 bits per heavy atom. The normalized spacial score (nSPS) is 10.9. The van der Waals surface area contributed by atoms with Crippen LogP contribution in [0.25, 0.3) is 0 Å². The molecule has 0 aliphatic rings. The van der Waals surface area contributed by atoms with E-state index in [2.05, 4.69) is 31.8 Å². The molecule has 3 aromatic carbocycles. The molecule has 0 saturated heterocycles. The molecule has 0 unspecified atom stereocenters. The Labute approximate surface area is 183 Å². The molecule has 0 aromatic heterocycles. The minimum absolute atomic E-state index is 0.273. The van der Waals surface area contributed by atoms with Gasteiger partial charge >= 0.3 is 0 Å². The molecule has 0 spiro atoms. The summed E-state index contributed by atoms with van der Waals surface area (Å²) in [5.41, 5.74) is 5.38. The van der Waals surface area contributed by atoms with Crippen molar-refractivity contribution in [2.45, 2.75) is 0 Å². The van der Waals surface area contributed by atoms with Gasteiger partial charge in [-0.05, 0) is 72.9 Å². The van der Waals surface area contributed by atoms with E-state index in [0.29, 0.717) is 10.8 Å². The third-order valence-electron chi connectivity index (χ3n) is 3.94. The van der Waals surface area contributed by atoms with Crippen molar-refractivity contribution in [3.05, 3.63) is 88.9 Å². The third-order valence-corrected chi connectivity index (χ3v) is 4.66. The van der Waals surface area contributed by atoms with Crippen molar-refractivity contribution in [3.8, 4) is 11.5 Å². The molecule has 148 valence electrons. The number of benzene rings is 3. The number of hydrogen-bond acceptors (Lipinski definition) is 4. The zero-order valence-corrected chi connectivity index (χ0v) is 18.2. The van der Waals surface area contributed by atoms with Gasteiger partial charge in [-0.25, -0.2) is 0 Å². The number of anilines is 1. The number of hydrogen-bond donors (Lipinski definition) is 2. The van der Waals surface area contributed by atoms with Gasteiger partial charge in [0.05, 0.1) is 7.11 Å². The van der Waals surface area contributed by atoms with E-state index in [1.807, 2.05) is 78.9 Å². The van der Waals surface area contributed by atoms with Crippen molar-refractivity contribution in [1.82, 2.24) is 5.43 Å². The molecular formula is C22H20BrN3O2S. The van der Waals surface area contributed by atoms with Gasteiger partial charge in [-0.15, -0.1) is 0 Å². The highest BCUT2D eigenvalue weighted by Crippen LogP contribution is 2.17. The molecule has 0 aliphatic carbocycles. The molecule has 0 fully saturated rings. The second kappa shape index (κ2) is 10.6. The Bertz CT molecular complexity index is 962. The Morgan fingerprint density at radius 1 is 0.931 bits per heavy atom. The van der Waals surface area contributed by atoms with Crippen molar-refractivity contribution >= 4 is 44.7 Å². The maximum absolute atomic E-state index is 5.90. The summed E-state index contributed by atoms with van der Waals surface area (Å²) in [6, 6.07) is 24.9. The van der Waals surface area contributed by atoms with Crippen LogP contribution in [0.1, 0.15) is 5.56 Å². The highest BCUT2D eigenvalue weighted by Gasteiger charge is 2.07. The number of rotatable bonds is 7. The molecule has 3 rings (SSSR count). The molecule has 0 saturated carbocycles. The van der Waals surface area contributed by atoms with Crippen LogP contribution in [0.15, 0.2) is 88.4 Å². The van der Waals surface area contributed by atoms with Gasteiger partial charge in [0.1, 0.15) is 23.8 Å². The first-order chi connectivity index (χ1) is 14.1. The van der Waals surface area contributed by atoms with Crippen LogP contribution in [0.2, 0.25) is 0 Å². The van der Waals surface area contributed by atoms with E-state index in [1.165, 1.54) is 0 Å². The van der Waals surface area contributed by atoms with Crippen LogP contribution in [-0.2, 0) is 0 Å². The SMILES string of the molecule is COc1ccc(/C(COc2ccc(Br)cc2)=N\NC(=S)Nc2ccccc2)cc1. The largest absolute Gasteiger partial charge is 0.497 e. The predicted molar refractivity (Wildman–Crippen MR) is 125 cm³/mol. The Balaban J connectivity index is 1.72. The van der Waals surface area contributed by atoms with Gasteiger partial charge in [-0.3, -0.25) is 5.43 Å². The van der Waals surface area contributed by atoms with Gasteiger partial charge in [0.2, 0.25) is 0 Å². The van der Waals surface area contributed by atoms with Crippen LogP contribution < -0.4 is 20.2 Å². The van der Waals surface area contributed by atoms with Crippen LogP contribution >= 0.6 is 28.1 Å². The fraction of sp³-hybridized carbons (Fsp3) is 0.0909. The standard InChI is InChI=1S/C22H20BrN3O2S/c1-27-19-11-7-16(8-12-19)21(15-28-20-13-9-17(23)10-14-20)25-26-22(29)24-18-5-3-2-4-6-18/h2-14H,15H2,1H3,(H2,24,26,29)/b25-21-. The zero-order valence-electron chi connectivity index (χ0n) is 15.8. The number of hydrazone groups is 1. The van der Waals surface area contributed by atoms with Gasteiger partial charge in [-0.1, -0.05) is 34.1 Å². The Hall–Kier alpha value is -2.90. The second-order valence-corrected chi connectivity index (χ2v) is 7.29. The molecule has 3 aromatic rings. The second-order valence-electron chi connectivity index (χ2n) is 5.96. The number of methoxy groups -OCH3 is 1. The first-order valence-electron chi connectivity index (χ1n) is 8.85. The minimum Gasteiger partial charge on any atom is -0.497 e. The fourth-order valence-electron chi connectivity index (χ4n) is 2.44. The first kappa shape index (κ1) is 20.8. The van der Waals surface area contributed by atoms with Gasteiger partial charge in [-0.2, -0.15) is 5.10 Å². The maximum Gasteiger partial charge on any atom is 0.191 e. The molecular weight excluding hydrogens is 450 g/mol.